The van der Waals surface area contributed by atoms with Crippen LogP contribution in [0, 0.1) is 5.92 Å². The minimum absolute atomic E-state index is 0.203. The number of carbonyl (C=O) groups is 1. The number of halogens is 6. The second-order valence-electron chi connectivity index (χ2n) is 4.81. The molecule has 0 N–H and O–H groups in total. The van der Waals surface area contributed by atoms with Crippen molar-refractivity contribution in [1.29, 1.82) is 0 Å². The molecule has 1 aliphatic rings. The van der Waals surface area contributed by atoms with Gasteiger partial charge in [-0.05, 0) is 37.0 Å². The van der Waals surface area contributed by atoms with E-state index in [1.807, 2.05) is 0 Å². The predicted octanol–water partition coefficient (Wildman–Crippen LogP) is 4.79. The van der Waals surface area contributed by atoms with Gasteiger partial charge in [-0.1, -0.05) is 12.1 Å². The van der Waals surface area contributed by atoms with Crippen molar-refractivity contribution in [2.75, 3.05) is 0 Å². The Morgan fingerprint density at radius 3 is 1.90 bits per heavy atom. The molecule has 0 bridgehead atoms. The van der Waals surface area contributed by atoms with Gasteiger partial charge < -0.3 is 0 Å². The molecule has 1 nitrogen and oxygen atoms in total. The lowest BCUT2D eigenvalue weighted by molar-refractivity contribution is -0.137. The number of hydrogen-bond donors (Lipinski definition) is 0. The number of benzene rings is 1. The highest BCUT2D eigenvalue weighted by atomic mass is 19.4. The number of alkyl halides is 6. The Bertz CT molecular complexity index is 561. The van der Waals surface area contributed by atoms with Crippen LogP contribution in [-0.4, -0.2) is 12.0 Å². The molecule has 7 heteroatoms. The number of carbonyl (C=O) groups excluding carboxylic acids is 1. The molecule has 0 aliphatic heterocycles. The standard InChI is InChI=1S/C14H10F6O/c15-13(16,17)10-5-3-9(4-6-10)12(21)7-11(8-1-2-8)14(18,19)20/h3-8H,1-2H2/b11-7+. The van der Waals surface area contributed by atoms with Crippen LogP contribution in [0.5, 0.6) is 0 Å². The molecule has 1 aliphatic carbocycles. The first-order chi connectivity index (χ1) is 9.59. The summed E-state index contributed by atoms with van der Waals surface area (Å²) in [7, 11) is 0. The van der Waals surface area contributed by atoms with Crippen molar-refractivity contribution in [1.82, 2.24) is 0 Å². The van der Waals surface area contributed by atoms with Crippen LogP contribution in [0.15, 0.2) is 35.9 Å². The maximum atomic E-state index is 12.7. The van der Waals surface area contributed by atoms with Gasteiger partial charge in [0.05, 0.1) is 5.56 Å². The van der Waals surface area contributed by atoms with Crippen molar-refractivity contribution in [3.8, 4) is 0 Å². The van der Waals surface area contributed by atoms with Gasteiger partial charge in [0.2, 0.25) is 0 Å². The molecule has 0 aromatic heterocycles. The van der Waals surface area contributed by atoms with Crippen molar-refractivity contribution in [2.24, 2.45) is 5.92 Å². The summed E-state index contributed by atoms with van der Waals surface area (Å²) in [5.41, 5.74) is -2.07. The number of rotatable bonds is 3. The third-order valence-corrected chi connectivity index (χ3v) is 3.13. The maximum Gasteiger partial charge on any atom is 0.416 e. The second kappa shape index (κ2) is 5.20. The van der Waals surface area contributed by atoms with Gasteiger partial charge in [-0.15, -0.1) is 0 Å². The van der Waals surface area contributed by atoms with Crippen LogP contribution in [-0.2, 0) is 6.18 Å². The Hall–Kier alpha value is -1.79. The van der Waals surface area contributed by atoms with Crippen molar-refractivity contribution >= 4 is 5.78 Å². The van der Waals surface area contributed by atoms with Gasteiger partial charge in [0.1, 0.15) is 0 Å². The number of hydrogen-bond acceptors (Lipinski definition) is 1. The zero-order valence-electron chi connectivity index (χ0n) is 10.6. The van der Waals surface area contributed by atoms with E-state index in [2.05, 4.69) is 0 Å². The zero-order chi connectivity index (χ0) is 15.8. The zero-order valence-corrected chi connectivity index (χ0v) is 10.6. The molecular weight excluding hydrogens is 298 g/mol. The van der Waals surface area contributed by atoms with E-state index in [0.29, 0.717) is 31.1 Å². The summed E-state index contributed by atoms with van der Waals surface area (Å²) in [6.07, 6.45) is -7.93. The first-order valence-electron chi connectivity index (χ1n) is 6.09. The van der Waals surface area contributed by atoms with Gasteiger partial charge in [0.25, 0.3) is 0 Å². The molecule has 1 saturated carbocycles. The summed E-state index contributed by atoms with van der Waals surface area (Å²) in [4.78, 5) is 11.7. The SMILES string of the molecule is O=C(/C=C(\C1CC1)C(F)(F)F)c1ccc(C(F)(F)F)cc1. The van der Waals surface area contributed by atoms with Crippen LogP contribution in [0.4, 0.5) is 26.3 Å². The Labute approximate surface area is 116 Å². The molecule has 1 aromatic carbocycles. The lowest BCUT2D eigenvalue weighted by atomic mass is 10.0. The van der Waals surface area contributed by atoms with Crippen LogP contribution in [0.3, 0.4) is 0 Å². The van der Waals surface area contributed by atoms with Crippen molar-refractivity contribution < 1.29 is 31.1 Å². The second-order valence-corrected chi connectivity index (χ2v) is 4.81. The summed E-state index contributed by atoms with van der Waals surface area (Å²) >= 11 is 0. The summed E-state index contributed by atoms with van der Waals surface area (Å²) in [5.74, 6) is -1.62. The van der Waals surface area contributed by atoms with Crippen LogP contribution < -0.4 is 0 Å². The molecule has 114 valence electrons. The normalized spacial score (nSPS) is 17.0. The van der Waals surface area contributed by atoms with Crippen molar-refractivity contribution in [3.05, 3.63) is 47.0 Å². The lowest BCUT2D eigenvalue weighted by Crippen LogP contribution is -2.15. The highest BCUT2D eigenvalue weighted by molar-refractivity contribution is 6.05. The van der Waals surface area contributed by atoms with E-state index in [0.717, 1.165) is 12.1 Å². The Morgan fingerprint density at radius 1 is 1.00 bits per heavy atom. The molecule has 0 amide bonds. The highest BCUT2D eigenvalue weighted by Gasteiger charge is 2.43. The van der Waals surface area contributed by atoms with Crippen LogP contribution in [0.1, 0.15) is 28.8 Å². The fourth-order valence-corrected chi connectivity index (χ4v) is 1.87. The van der Waals surface area contributed by atoms with Gasteiger partial charge in [-0.25, -0.2) is 0 Å². The Balaban J connectivity index is 2.23. The average Bonchev–Trinajstić information content (AvgIpc) is 3.17. The summed E-state index contributed by atoms with van der Waals surface area (Å²) < 4.78 is 75.3. The van der Waals surface area contributed by atoms with Crippen LogP contribution in [0.25, 0.3) is 0 Å². The molecule has 1 aromatic rings. The van der Waals surface area contributed by atoms with E-state index in [1.54, 1.807) is 0 Å². The highest BCUT2D eigenvalue weighted by Crippen LogP contribution is 2.44. The first-order valence-corrected chi connectivity index (χ1v) is 6.09. The summed E-state index contributed by atoms with van der Waals surface area (Å²) in [5, 5.41) is 0. The molecule has 1 fully saturated rings. The predicted molar refractivity (Wildman–Crippen MR) is 62.6 cm³/mol. The maximum absolute atomic E-state index is 12.7. The third-order valence-electron chi connectivity index (χ3n) is 3.13. The quantitative estimate of drug-likeness (QED) is 0.446. The number of ketones is 1. The fraction of sp³-hybridized carbons (Fsp3) is 0.357. The average molecular weight is 308 g/mol. The first kappa shape index (κ1) is 15.6. The van der Waals surface area contributed by atoms with Crippen LogP contribution >= 0.6 is 0 Å². The smallest absolute Gasteiger partial charge is 0.289 e. The molecule has 0 atom stereocenters. The lowest BCUT2D eigenvalue weighted by Gasteiger charge is -2.10. The largest absolute Gasteiger partial charge is 0.416 e. The van der Waals surface area contributed by atoms with E-state index in [9.17, 15) is 31.1 Å². The van der Waals surface area contributed by atoms with Crippen molar-refractivity contribution in [3.63, 3.8) is 0 Å². The number of allylic oxidation sites excluding steroid dienone is 2. The van der Waals surface area contributed by atoms with Gasteiger partial charge in [-0.2, -0.15) is 26.3 Å². The molecule has 2 rings (SSSR count). The van der Waals surface area contributed by atoms with E-state index >= 15 is 0 Å². The molecule has 0 saturated heterocycles. The Kier molecular flexibility index (Phi) is 3.86. The van der Waals surface area contributed by atoms with Crippen LogP contribution in [0.2, 0.25) is 0 Å². The molecule has 0 unspecified atom stereocenters. The summed E-state index contributed by atoms with van der Waals surface area (Å²) in [6, 6.07) is 3.10. The molecular formula is C14H10F6O. The molecule has 0 radical (unpaired) electrons. The minimum atomic E-state index is -4.59. The van der Waals surface area contributed by atoms with E-state index < -0.39 is 35.2 Å². The third kappa shape index (κ3) is 3.86. The van der Waals surface area contributed by atoms with E-state index in [4.69, 9.17) is 0 Å². The molecule has 0 heterocycles. The van der Waals surface area contributed by atoms with Gasteiger partial charge >= 0.3 is 12.4 Å². The fourth-order valence-electron chi connectivity index (χ4n) is 1.87. The minimum Gasteiger partial charge on any atom is -0.289 e. The summed E-state index contributed by atoms with van der Waals surface area (Å²) in [6.45, 7) is 0. The van der Waals surface area contributed by atoms with Gasteiger partial charge in [-0.3, -0.25) is 4.79 Å². The topological polar surface area (TPSA) is 17.1 Å². The Morgan fingerprint density at radius 2 is 1.52 bits per heavy atom. The van der Waals surface area contributed by atoms with E-state index in [1.165, 1.54) is 0 Å². The van der Waals surface area contributed by atoms with E-state index in [-0.39, 0.29) is 5.56 Å². The monoisotopic (exact) mass is 308 g/mol. The molecule has 0 spiro atoms. The van der Waals surface area contributed by atoms with Gasteiger partial charge in [0, 0.05) is 11.1 Å². The van der Waals surface area contributed by atoms with Crippen molar-refractivity contribution in [2.45, 2.75) is 25.2 Å². The van der Waals surface area contributed by atoms with Gasteiger partial charge in [0.15, 0.2) is 5.78 Å². The molecule has 21 heavy (non-hydrogen) atoms.